The van der Waals surface area contributed by atoms with Crippen molar-refractivity contribution in [1.82, 2.24) is 4.90 Å². The minimum atomic E-state index is -1.04. The normalized spacial score (nSPS) is 27.9. The third-order valence-corrected chi connectivity index (χ3v) is 4.17. The lowest BCUT2D eigenvalue weighted by molar-refractivity contribution is -0.158. The maximum absolute atomic E-state index is 13.3. The zero-order valence-corrected chi connectivity index (χ0v) is 12.5. The fraction of sp³-hybridized carbons (Fsp3) is 0.500. The van der Waals surface area contributed by atoms with Crippen molar-refractivity contribution in [2.45, 2.75) is 31.2 Å². The fourth-order valence-corrected chi connectivity index (χ4v) is 2.96. The van der Waals surface area contributed by atoms with Crippen LogP contribution in [0.5, 0.6) is 0 Å². The largest absolute Gasteiger partial charge is 0.479 e. The van der Waals surface area contributed by atoms with Gasteiger partial charge in [-0.2, -0.15) is 0 Å². The number of hydrogen-bond acceptors (Lipinski definition) is 4. The number of carbonyl (C=O) groups is 2. The predicted molar refractivity (Wildman–Crippen MR) is 77.2 cm³/mol. The standard InChI is InChI=1S/C16H18FNO5/c17-11-3-1-2-10(8-11)14-9-18(6-7-22-14)15(19)12-4-5-13(23-12)16(20)21/h1-3,8,12-14H,4-7,9H2,(H,20,21)/t12-,13+,14?/m0/s1. The molecule has 124 valence electrons. The Kier molecular flexibility index (Phi) is 4.58. The Hall–Kier alpha value is -1.99. The number of carboxylic acid groups (broad SMARTS) is 1. The summed E-state index contributed by atoms with van der Waals surface area (Å²) in [6, 6.07) is 6.11. The van der Waals surface area contributed by atoms with Crippen molar-refractivity contribution in [2.24, 2.45) is 0 Å². The smallest absolute Gasteiger partial charge is 0.332 e. The summed E-state index contributed by atoms with van der Waals surface area (Å²) in [7, 11) is 0. The molecule has 0 radical (unpaired) electrons. The maximum atomic E-state index is 13.3. The van der Waals surface area contributed by atoms with E-state index in [1.807, 2.05) is 0 Å². The van der Waals surface area contributed by atoms with E-state index in [0.29, 0.717) is 38.1 Å². The Bertz CT molecular complexity index is 608. The SMILES string of the molecule is O=C(O)[C@H]1CC[C@@H](C(=O)N2CCOC(c3cccc(F)c3)C2)O1. The summed E-state index contributed by atoms with van der Waals surface area (Å²) in [5.41, 5.74) is 0.679. The molecule has 1 unspecified atom stereocenters. The van der Waals surface area contributed by atoms with E-state index in [1.54, 1.807) is 17.0 Å². The maximum Gasteiger partial charge on any atom is 0.332 e. The van der Waals surface area contributed by atoms with Gasteiger partial charge in [-0.1, -0.05) is 12.1 Å². The average molecular weight is 323 g/mol. The lowest BCUT2D eigenvalue weighted by atomic mass is 10.1. The number of aliphatic carboxylic acids is 1. The Morgan fingerprint density at radius 3 is 2.74 bits per heavy atom. The zero-order chi connectivity index (χ0) is 16.4. The monoisotopic (exact) mass is 323 g/mol. The average Bonchev–Trinajstić information content (AvgIpc) is 3.04. The minimum absolute atomic E-state index is 0.224. The summed E-state index contributed by atoms with van der Waals surface area (Å²) in [6.45, 7) is 1.07. The molecule has 1 amide bonds. The number of benzene rings is 1. The molecular formula is C16H18FNO5. The third-order valence-electron chi connectivity index (χ3n) is 4.17. The van der Waals surface area contributed by atoms with E-state index in [1.165, 1.54) is 12.1 Å². The first-order valence-electron chi connectivity index (χ1n) is 7.58. The molecule has 1 N–H and O–H groups in total. The third kappa shape index (κ3) is 3.51. The van der Waals surface area contributed by atoms with Crippen LogP contribution in [0.25, 0.3) is 0 Å². The molecule has 0 bridgehead atoms. The topological polar surface area (TPSA) is 76.1 Å². The molecule has 2 aliphatic rings. The molecule has 0 aromatic heterocycles. The molecular weight excluding hydrogens is 305 g/mol. The second-order valence-electron chi connectivity index (χ2n) is 5.73. The van der Waals surface area contributed by atoms with Gasteiger partial charge in [0, 0.05) is 6.54 Å². The molecule has 0 aliphatic carbocycles. The number of carboxylic acids is 1. The van der Waals surface area contributed by atoms with E-state index in [9.17, 15) is 14.0 Å². The predicted octanol–water partition coefficient (Wildman–Crippen LogP) is 1.36. The van der Waals surface area contributed by atoms with Gasteiger partial charge in [0.2, 0.25) is 0 Å². The Morgan fingerprint density at radius 2 is 2.04 bits per heavy atom. The Balaban J connectivity index is 1.64. The highest BCUT2D eigenvalue weighted by Gasteiger charge is 2.38. The summed E-state index contributed by atoms with van der Waals surface area (Å²) >= 11 is 0. The van der Waals surface area contributed by atoms with Crippen LogP contribution in [-0.4, -0.2) is 53.8 Å². The van der Waals surface area contributed by atoms with Crippen LogP contribution < -0.4 is 0 Å². The Morgan fingerprint density at radius 1 is 1.26 bits per heavy atom. The number of nitrogens with zero attached hydrogens (tertiary/aromatic N) is 1. The highest BCUT2D eigenvalue weighted by atomic mass is 19.1. The van der Waals surface area contributed by atoms with Crippen LogP contribution in [0, 0.1) is 5.82 Å². The first kappa shape index (κ1) is 15.9. The van der Waals surface area contributed by atoms with Crippen LogP contribution in [0.15, 0.2) is 24.3 Å². The minimum Gasteiger partial charge on any atom is -0.479 e. The van der Waals surface area contributed by atoms with Crippen molar-refractivity contribution in [3.63, 3.8) is 0 Å². The van der Waals surface area contributed by atoms with Crippen molar-refractivity contribution >= 4 is 11.9 Å². The molecule has 3 atom stereocenters. The summed E-state index contributed by atoms with van der Waals surface area (Å²) in [5, 5.41) is 8.93. The summed E-state index contributed by atoms with van der Waals surface area (Å²) < 4.78 is 24.3. The highest BCUT2D eigenvalue weighted by Crippen LogP contribution is 2.26. The molecule has 6 nitrogen and oxygen atoms in total. The highest BCUT2D eigenvalue weighted by molar-refractivity contribution is 5.82. The van der Waals surface area contributed by atoms with Gasteiger partial charge in [-0.05, 0) is 30.5 Å². The fourth-order valence-electron chi connectivity index (χ4n) is 2.96. The molecule has 2 saturated heterocycles. The van der Waals surface area contributed by atoms with Crippen LogP contribution in [0.4, 0.5) is 4.39 Å². The van der Waals surface area contributed by atoms with Gasteiger partial charge in [0.05, 0.1) is 13.2 Å². The van der Waals surface area contributed by atoms with Crippen LogP contribution in [-0.2, 0) is 19.1 Å². The molecule has 2 fully saturated rings. The summed E-state index contributed by atoms with van der Waals surface area (Å²) in [5.74, 6) is -1.61. The molecule has 3 rings (SSSR count). The number of rotatable bonds is 3. The van der Waals surface area contributed by atoms with Crippen LogP contribution in [0.2, 0.25) is 0 Å². The number of hydrogen-bond donors (Lipinski definition) is 1. The quantitative estimate of drug-likeness (QED) is 0.909. The van der Waals surface area contributed by atoms with Gasteiger partial charge in [0.25, 0.3) is 5.91 Å². The van der Waals surface area contributed by atoms with E-state index in [4.69, 9.17) is 14.6 Å². The number of ether oxygens (including phenoxy) is 2. The summed E-state index contributed by atoms with van der Waals surface area (Å²) in [6.07, 6.45) is -1.28. The van der Waals surface area contributed by atoms with Gasteiger partial charge in [0.15, 0.2) is 6.10 Å². The Labute approximate surface area is 132 Å². The number of amides is 1. The number of morpholine rings is 1. The van der Waals surface area contributed by atoms with Gasteiger partial charge in [-0.25, -0.2) is 9.18 Å². The zero-order valence-electron chi connectivity index (χ0n) is 12.5. The summed E-state index contributed by atoms with van der Waals surface area (Å²) in [4.78, 5) is 25.0. The molecule has 2 aliphatic heterocycles. The second kappa shape index (κ2) is 6.64. The number of halogens is 1. The molecule has 1 aromatic rings. The van der Waals surface area contributed by atoms with E-state index >= 15 is 0 Å². The molecule has 7 heteroatoms. The second-order valence-corrected chi connectivity index (χ2v) is 5.73. The van der Waals surface area contributed by atoms with Gasteiger partial charge < -0.3 is 19.5 Å². The van der Waals surface area contributed by atoms with Crippen molar-refractivity contribution < 1.29 is 28.6 Å². The van der Waals surface area contributed by atoms with E-state index < -0.39 is 18.2 Å². The molecule has 0 spiro atoms. The van der Waals surface area contributed by atoms with Crippen LogP contribution in [0.1, 0.15) is 24.5 Å². The first-order chi connectivity index (χ1) is 11.0. The van der Waals surface area contributed by atoms with Gasteiger partial charge in [0.1, 0.15) is 18.0 Å². The van der Waals surface area contributed by atoms with E-state index in [2.05, 4.69) is 0 Å². The first-order valence-corrected chi connectivity index (χ1v) is 7.58. The molecule has 23 heavy (non-hydrogen) atoms. The molecule has 2 heterocycles. The molecule has 1 aromatic carbocycles. The van der Waals surface area contributed by atoms with Crippen molar-refractivity contribution in [3.05, 3.63) is 35.6 Å². The van der Waals surface area contributed by atoms with E-state index in [-0.39, 0.29) is 17.8 Å². The van der Waals surface area contributed by atoms with Crippen LogP contribution in [0.3, 0.4) is 0 Å². The van der Waals surface area contributed by atoms with Gasteiger partial charge >= 0.3 is 5.97 Å². The van der Waals surface area contributed by atoms with E-state index in [0.717, 1.165) is 0 Å². The molecule has 0 saturated carbocycles. The van der Waals surface area contributed by atoms with Crippen molar-refractivity contribution in [3.8, 4) is 0 Å². The van der Waals surface area contributed by atoms with Gasteiger partial charge in [-0.3, -0.25) is 4.79 Å². The lowest BCUT2D eigenvalue weighted by Crippen LogP contribution is -2.46. The van der Waals surface area contributed by atoms with Gasteiger partial charge in [-0.15, -0.1) is 0 Å². The lowest BCUT2D eigenvalue weighted by Gasteiger charge is -2.34. The van der Waals surface area contributed by atoms with Crippen LogP contribution >= 0.6 is 0 Å². The number of carbonyl (C=O) groups excluding carboxylic acids is 1. The van der Waals surface area contributed by atoms with Crippen molar-refractivity contribution in [1.29, 1.82) is 0 Å². The van der Waals surface area contributed by atoms with Crippen molar-refractivity contribution in [2.75, 3.05) is 19.7 Å².